The van der Waals surface area contributed by atoms with E-state index >= 15 is 0 Å². The van der Waals surface area contributed by atoms with E-state index in [-0.39, 0.29) is 5.91 Å². The van der Waals surface area contributed by atoms with Crippen molar-refractivity contribution in [3.05, 3.63) is 35.4 Å². The molecule has 0 saturated carbocycles. The number of likely N-dealkylation sites (tertiary alicyclic amines) is 1. The van der Waals surface area contributed by atoms with Gasteiger partial charge in [0.15, 0.2) is 0 Å². The summed E-state index contributed by atoms with van der Waals surface area (Å²) in [5.41, 5.74) is 2.14. The smallest absolute Gasteiger partial charge is 0.253 e. The number of carbonyl (C=O) groups excluding carboxylic acids is 1. The van der Waals surface area contributed by atoms with Gasteiger partial charge in [0.1, 0.15) is 0 Å². The van der Waals surface area contributed by atoms with Gasteiger partial charge in [0.05, 0.1) is 0 Å². The molecule has 23 heavy (non-hydrogen) atoms. The first-order valence-electron chi connectivity index (χ1n) is 8.97. The van der Waals surface area contributed by atoms with Crippen molar-refractivity contribution in [2.75, 3.05) is 27.2 Å². The molecule has 3 nitrogen and oxygen atoms in total. The van der Waals surface area contributed by atoms with Crippen LogP contribution in [0.2, 0.25) is 0 Å². The molecular weight excluding hydrogens is 284 g/mol. The van der Waals surface area contributed by atoms with Crippen LogP contribution in [0, 0.1) is 11.8 Å². The number of hydrogen-bond acceptors (Lipinski definition) is 2. The highest BCUT2D eigenvalue weighted by molar-refractivity contribution is 5.94. The van der Waals surface area contributed by atoms with Gasteiger partial charge in [-0.3, -0.25) is 4.79 Å². The first-order valence-corrected chi connectivity index (χ1v) is 8.97. The minimum absolute atomic E-state index is 0.187. The van der Waals surface area contributed by atoms with Gasteiger partial charge in [-0.1, -0.05) is 39.3 Å². The van der Waals surface area contributed by atoms with Crippen LogP contribution in [0.25, 0.3) is 0 Å². The zero-order valence-electron chi connectivity index (χ0n) is 15.4. The van der Waals surface area contributed by atoms with Crippen molar-refractivity contribution >= 4 is 5.91 Å². The standard InChI is InChI=1S/C20H32N2O/c1-6-7-18-13-22(14-19(18)21(4)5)20(23)17-10-8-16(9-11-17)12-15(2)3/h8-11,15,18-19H,6-7,12-14H2,1-5H3. The number of rotatable bonds is 6. The van der Waals surface area contributed by atoms with E-state index in [1.165, 1.54) is 18.4 Å². The lowest BCUT2D eigenvalue weighted by atomic mass is 9.98. The van der Waals surface area contributed by atoms with Crippen molar-refractivity contribution in [2.45, 2.75) is 46.1 Å². The summed E-state index contributed by atoms with van der Waals surface area (Å²) >= 11 is 0. The molecule has 128 valence electrons. The third-order valence-corrected chi connectivity index (χ3v) is 4.86. The molecule has 0 radical (unpaired) electrons. The summed E-state index contributed by atoms with van der Waals surface area (Å²) in [6.45, 7) is 8.41. The molecule has 2 rings (SSSR count). The van der Waals surface area contributed by atoms with Gasteiger partial charge < -0.3 is 9.80 Å². The quantitative estimate of drug-likeness (QED) is 0.799. The predicted molar refractivity (Wildman–Crippen MR) is 96.8 cm³/mol. The Kier molecular flexibility index (Phi) is 6.23. The number of benzene rings is 1. The number of likely N-dealkylation sites (N-methyl/N-ethyl adjacent to an activating group) is 1. The molecule has 2 unspecified atom stereocenters. The summed E-state index contributed by atoms with van der Waals surface area (Å²) < 4.78 is 0. The van der Waals surface area contributed by atoms with Gasteiger partial charge in [0.2, 0.25) is 0 Å². The Bertz CT molecular complexity index is 507. The summed E-state index contributed by atoms with van der Waals surface area (Å²) in [5, 5.41) is 0. The Morgan fingerprint density at radius 3 is 2.39 bits per heavy atom. The normalized spacial score (nSPS) is 21.4. The second-order valence-corrected chi connectivity index (χ2v) is 7.58. The van der Waals surface area contributed by atoms with Crippen molar-refractivity contribution < 1.29 is 4.79 Å². The maximum absolute atomic E-state index is 12.8. The molecule has 1 amide bonds. The Morgan fingerprint density at radius 1 is 1.22 bits per heavy atom. The summed E-state index contributed by atoms with van der Waals surface area (Å²) in [4.78, 5) is 17.1. The van der Waals surface area contributed by atoms with Crippen LogP contribution in [0.4, 0.5) is 0 Å². The highest BCUT2D eigenvalue weighted by Crippen LogP contribution is 2.26. The topological polar surface area (TPSA) is 23.6 Å². The van der Waals surface area contributed by atoms with Gasteiger partial charge in [-0.05, 0) is 56.5 Å². The molecule has 3 heteroatoms. The average Bonchev–Trinajstić information content (AvgIpc) is 2.91. The summed E-state index contributed by atoms with van der Waals surface area (Å²) in [7, 11) is 4.25. The van der Waals surface area contributed by atoms with Crippen molar-refractivity contribution in [2.24, 2.45) is 11.8 Å². The van der Waals surface area contributed by atoms with Gasteiger partial charge in [-0.25, -0.2) is 0 Å². The molecule has 1 aromatic rings. The van der Waals surface area contributed by atoms with E-state index in [1.54, 1.807) is 0 Å². The van der Waals surface area contributed by atoms with Gasteiger partial charge >= 0.3 is 0 Å². The van der Waals surface area contributed by atoms with E-state index in [0.29, 0.717) is 17.9 Å². The Hall–Kier alpha value is -1.35. The lowest BCUT2D eigenvalue weighted by Crippen LogP contribution is -2.36. The SMILES string of the molecule is CCCC1CN(C(=O)c2ccc(CC(C)C)cc2)CC1N(C)C. The van der Waals surface area contributed by atoms with Crippen LogP contribution < -0.4 is 0 Å². The molecule has 0 aromatic heterocycles. The van der Waals surface area contributed by atoms with Crippen molar-refractivity contribution in [3.8, 4) is 0 Å². The van der Waals surface area contributed by atoms with Gasteiger partial charge in [0, 0.05) is 24.7 Å². The van der Waals surface area contributed by atoms with Crippen molar-refractivity contribution in [1.29, 1.82) is 0 Å². The van der Waals surface area contributed by atoms with Crippen molar-refractivity contribution in [3.63, 3.8) is 0 Å². The van der Waals surface area contributed by atoms with Crippen LogP contribution in [-0.4, -0.2) is 48.9 Å². The van der Waals surface area contributed by atoms with Crippen LogP contribution >= 0.6 is 0 Å². The second-order valence-electron chi connectivity index (χ2n) is 7.58. The molecule has 1 saturated heterocycles. The third-order valence-electron chi connectivity index (χ3n) is 4.86. The van der Waals surface area contributed by atoms with E-state index < -0.39 is 0 Å². The Labute approximate surface area is 141 Å². The van der Waals surface area contributed by atoms with E-state index in [4.69, 9.17) is 0 Å². The first-order chi connectivity index (χ1) is 10.9. The molecule has 1 fully saturated rings. The fourth-order valence-electron chi connectivity index (χ4n) is 3.70. The largest absolute Gasteiger partial charge is 0.337 e. The zero-order valence-corrected chi connectivity index (χ0v) is 15.4. The molecule has 0 aliphatic carbocycles. The molecule has 2 atom stereocenters. The van der Waals surface area contributed by atoms with Crippen LogP contribution in [0.3, 0.4) is 0 Å². The van der Waals surface area contributed by atoms with E-state index in [2.05, 4.69) is 51.9 Å². The monoisotopic (exact) mass is 316 g/mol. The summed E-state index contributed by atoms with van der Waals surface area (Å²) in [5.74, 6) is 1.43. The van der Waals surface area contributed by atoms with Gasteiger partial charge in [-0.15, -0.1) is 0 Å². The average molecular weight is 316 g/mol. The van der Waals surface area contributed by atoms with Crippen LogP contribution in [0.15, 0.2) is 24.3 Å². The molecule has 0 bridgehead atoms. The number of carbonyl (C=O) groups is 1. The molecule has 1 aliphatic rings. The maximum atomic E-state index is 12.8. The fraction of sp³-hybridized carbons (Fsp3) is 0.650. The summed E-state index contributed by atoms with van der Waals surface area (Å²) in [6, 6.07) is 8.70. The molecule has 1 aromatic carbocycles. The minimum Gasteiger partial charge on any atom is -0.337 e. The lowest BCUT2D eigenvalue weighted by Gasteiger charge is -2.24. The molecule has 0 spiro atoms. The fourth-order valence-corrected chi connectivity index (χ4v) is 3.70. The van der Waals surface area contributed by atoms with Crippen LogP contribution in [0.5, 0.6) is 0 Å². The van der Waals surface area contributed by atoms with Crippen molar-refractivity contribution in [1.82, 2.24) is 9.80 Å². The number of amides is 1. The second kappa shape index (κ2) is 7.96. The van der Waals surface area contributed by atoms with E-state index in [9.17, 15) is 4.79 Å². The highest BCUT2D eigenvalue weighted by atomic mass is 16.2. The Balaban J connectivity index is 2.05. The van der Waals surface area contributed by atoms with Gasteiger partial charge in [-0.2, -0.15) is 0 Å². The van der Waals surface area contributed by atoms with E-state index in [0.717, 1.165) is 25.1 Å². The van der Waals surface area contributed by atoms with E-state index in [1.807, 2.05) is 17.0 Å². The maximum Gasteiger partial charge on any atom is 0.253 e. The number of hydrogen-bond donors (Lipinski definition) is 0. The third kappa shape index (κ3) is 4.57. The minimum atomic E-state index is 0.187. The molecule has 0 N–H and O–H groups in total. The zero-order chi connectivity index (χ0) is 17.0. The van der Waals surface area contributed by atoms with Crippen LogP contribution in [0.1, 0.15) is 49.5 Å². The molecular formula is C20H32N2O. The lowest BCUT2D eigenvalue weighted by molar-refractivity contribution is 0.0781. The highest BCUT2D eigenvalue weighted by Gasteiger charge is 2.35. The Morgan fingerprint density at radius 2 is 1.87 bits per heavy atom. The predicted octanol–water partition coefficient (Wildman–Crippen LogP) is 3.69. The van der Waals surface area contributed by atoms with Gasteiger partial charge in [0.25, 0.3) is 5.91 Å². The molecule has 1 heterocycles. The summed E-state index contributed by atoms with van der Waals surface area (Å²) in [6.07, 6.45) is 3.44. The van der Waals surface area contributed by atoms with Crippen LogP contribution in [-0.2, 0) is 6.42 Å². The first kappa shape index (κ1) is 18.0. The number of nitrogens with zero attached hydrogens (tertiary/aromatic N) is 2. The molecule has 1 aliphatic heterocycles.